The van der Waals surface area contributed by atoms with Gasteiger partial charge in [0.1, 0.15) is 0 Å². The van der Waals surface area contributed by atoms with Gasteiger partial charge in [0.2, 0.25) is 5.89 Å². The number of H-pyrrole nitrogens is 2. The van der Waals surface area contributed by atoms with Crippen LogP contribution in [-0.4, -0.2) is 44.1 Å². The van der Waals surface area contributed by atoms with Gasteiger partial charge in [0.05, 0.1) is 0 Å². The first-order valence-corrected chi connectivity index (χ1v) is 6.08. The van der Waals surface area contributed by atoms with E-state index in [9.17, 15) is 9.59 Å². The Morgan fingerprint density at radius 2 is 2.21 bits per heavy atom. The lowest BCUT2D eigenvalue weighted by atomic mass is 9.97. The Morgan fingerprint density at radius 3 is 2.79 bits per heavy atom. The number of hydrogen-bond acceptors (Lipinski definition) is 5. The van der Waals surface area contributed by atoms with Gasteiger partial charge in [-0.3, -0.25) is 4.79 Å². The number of likely N-dealkylation sites (tertiary alicyclic amines) is 1. The van der Waals surface area contributed by atoms with Gasteiger partial charge in [-0.2, -0.15) is 0 Å². The molecule has 0 aromatic carbocycles. The molecular formula is C11H13N5O3. The van der Waals surface area contributed by atoms with E-state index in [1.807, 2.05) is 0 Å². The van der Waals surface area contributed by atoms with Crippen LogP contribution in [0, 0.1) is 0 Å². The third-order valence-corrected chi connectivity index (χ3v) is 3.29. The highest BCUT2D eigenvalue weighted by Crippen LogP contribution is 2.26. The Bertz CT molecular complexity index is 606. The molecule has 1 saturated heterocycles. The number of imidazole rings is 1. The third kappa shape index (κ3) is 2.28. The zero-order valence-electron chi connectivity index (χ0n) is 10.1. The zero-order chi connectivity index (χ0) is 13.2. The number of amides is 1. The number of aromatic nitrogens is 4. The molecule has 0 unspecified atom stereocenters. The van der Waals surface area contributed by atoms with E-state index in [1.165, 1.54) is 0 Å². The minimum atomic E-state index is -0.538. The number of aromatic amines is 2. The van der Waals surface area contributed by atoms with E-state index in [0.29, 0.717) is 24.8 Å². The Balaban J connectivity index is 1.63. The molecule has 100 valence electrons. The van der Waals surface area contributed by atoms with Crippen molar-refractivity contribution in [1.82, 2.24) is 25.1 Å². The SMILES string of the molecule is O=C(c1ncc[nH]1)N1CCC(c2n[nH]c(=O)o2)CC1. The predicted molar refractivity (Wildman–Crippen MR) is 63.6 cm³/mol. The summed E-state index contributed by atoms with van der Waals surface area (Å²) < 4.78 is 4.95. The van der Waals surface area contributed by atoms with Crippen molar-refractivity contribution in [3.63, 3.8) is 0 Å². The quantitative estimate of drug-likeness (QED) is 0.799. The first-order valence-electron chi connectivity index (χ1n) is 6.08. The number of piperidine rings is 1. The molecular weight excluding hydrogens is 250 g/mol. The largest absolute Gasteiger partial charge is 0.434 e. The second-order valence-electron chi connectivity index (χ2n) is 4.46. The van der Waals surface area contributed by atoms with E-state index in [-0.39, 0.29) is 11.8 Å². The van der Waals surface area contributed by atoms with Gasteiger partial charge >= 0.3 is 5.76 Å². The van der Waals surface area contributed by atoms with Crippen LogP contribution < -0.4 is 5.76 Å². The zero-order valence-corrected chi connectivity index (χ0v) is 10.1. The first-order chi connectivity index (χ1) is 9.24. The molecule has 0 atom stereocenters. The normalized spacial score (nSPS) is 16.7. The van der Waals surface area contributed by atoms with E-state index in [2.05, 4.69) is 20.2 Å². The summed E-state index contributed by atoms with van der Waals surface area (Å²) >= 11 is 0. The summed E-state index contributed by atoms with van der Waals surface area (Å²) in [5.74, 6) is 0.218. The van der Waals surface area contributed by atoms with Gasteiger partial charge < -0.3 is 14.3 Å². The summed E-state index contributed by atoms with van der Waals surface area (Å²) in [5, 5.41) is 6.09. The van der Waals surface area contributed by atoms with Crippen molar-refractivity contribution in [3.8, 4) is 0 Å². The summed E-state index contributed by atoms with van der Waals surface area (Å²) in [7, 11) is 0. The van der Waals surface area contributed by atoms with Crippen LogP contribution in [0.15, 0.2) is 21.6 Å². The Kier molecular flexibility index (Phi) is 2.90. The molecule has 2 N–H and O–H groups in total. The van der Waals surface area contributed by atoms with Gasteiger partial charge in [-0.15, -0.1) is 5.10 Å². The lowest BCUT2D eigenvalue weighted by Crippen LogP contribution is -2.38. The molecule has 8 nitrogen and oxygen atoms in total. The maximum absolute atomic E-state index is 12.0. The number of carbonyl (C=O) groups excluding carboxylic acids is 1. The monoisotopic (exact) mass is 263 g/mol. The van der Waals surface area contributed by atoms with Crippen molar-refractivity contribution in [3.05, 3.63) is 34.7 Å². The van der Waals surface area contributed by atoms with Crippen molar-refractivity contribution in [2.45, 2.75) is 18.8 Å². The van der Waals surface area contributed by atoms with Gasteiger partial charge in [-0.1, -0.05) is 0 Å². The van der Waals surface area contributed by atoms with Gasteiger partial charge in [0.15, 0.2) is 5.82 Å². The molecule has 0 aliphatic carbocycles. The minimum absolute atomic E-state index is 0.0830. The fourth-order valence-electron chi connectivity index (χ4n) is 2.28. The maximum Gasteiger partial charge on any atom is 0.434 e. The highest BCUT2D eigenvalue weighted by Gasteiger charge is 2.28. The second kappa shape index (κ2) is 4.71. The number of hydrogen-bond donors (Lipinski definition) is 2. The average molecular weight is 263 g/mol. The number of nitrogens with zero attached hydrogens (tertiary/aromatic N) is 3. The molecule has 0 saturated carbocycles. The fourth-order valence-corrected chi connectivity index (χ4v) is 2.28. The van der Waals surface area contributed by atoms with Crippen LogP contribution in [0.4, 0.5) is 0 Å². The van der Waals surface area contributed by atoms with E-state index >= 15 is 0 Å². The molecule has 3 rings (SSSR count). The molecule has 1 aliphatic rings. The standard InChI is InChI=1S/C11H13N5O3/c17-10(8-12-3-4-13-8)16-5-1-7(2-6-16)9-14-15-11(18)19-9/h3-4,7H,1-2,5-6H2,(H,12,13)(H,15,18). The van der Waals surface area contributed by atoms with Crippen LogP contribution >= 0.6 is 0 Å². The Morgan fingerprint density at radius 1 is 1.42 bits per heavy atom. The summed E-state index contributed by atoms with van der Waals surface area (Å²) in [6.07, 6.45) is 4.62. The van der Waals surface area contributed by atoms with Gasteiger partial charge in [0, 0.05) is 31.4 Å². The molecule has 0 spiro atoms. The van der Waals surface area contributed by atoms with E-state index < -0.39 is 5.76 Å². The molecule has 8 heteroatoms. The summed E-state index contributed by atoms with van der Waals surface area (Å²) in [4.78, 5) is 31.4. The summed E-state index contributed by atoms with van der Waals surface area (Å²) in [6, 6.07) is 0. The molecule has 0 bridgehead atoms. The van der Waals surface area contributed by atoms with E-state index in [4.69, 9.17) is 4.42 Å². The predicted octanol–water partition coefficient (Wildman–Crippen LogP) is 0.106. The van der Waals surface area contributed by atoms with Crippen molar-refractivity contribution >= 4 is 5.91 Å². The lowest BCUT2D eigenvalue weighted by molar-refractivity contribution is 0.0694. The van der Waals surface area contributed by atoms with E-state index in [0.717, 1.165) is 12.8 Å². The van der Waals surface area contributed by atoms with Crippen molar-refractivity contribution in [2.24, 2.45) is 0 Å². The Labute approximate surface area is 107 Å². The Hall–Kier alpha value is -2.38. The van der Waals surface area contributed by atoms with Crippen LogP contribution in [0.5, 0.6) is 0 Å². The first kappa shape index (κ1) is 11.7. The molecule has 2 aromatic heterocycles. The van der Waals surface area contributed by atoms with Crippen LogP contribution in [0.1, 0.15) is 35.3 Å². The van der Waals surface area contributed by atoms with Crippen LogP contribution in [0.3, 0.4) is 0 Å². The van der Waals surface area contributed by atoms with Crippen molar-refractivity contribution < 1.29 is 9.21 Å². The number of rotatable bonds is 2. The molecule has 19 heavy (non-hydrogen) atoms. The number of carbonyl (C=O) groups is 1. The highest BCUT2D eigenvalue weighted by molar-refractivity contribution is 5.90. The van der Waals surface area contributed by atoms with Crippen molar-refractivity contribution in [2.75, 3.05) is 13.1 Å². The number of nitrogens with one attached hydrogen (secondary N) is 2. The lowest BCUT2D eigenvalue weighted by Gasteiger charge is -2.29. The molecule has 1 aliphatic heterocycles. The van der Waals surface area contributed by atoms with Crippen LogP contribution in [0.2, 0.25) is 0 Å². The second-order valence-corrected chi connectivity index (χ2v) is 4.46. The van der Waals surface area contributed by atoms with Crippen LogP contribution in [-0.2, 0) is 0 Å². The topological polar surface area (TPSA) is 108 Å². The van der Waals surface area contributed by atoms with E-state index in [1.54, 1.807) is 17.3 Å². The van der Waals surface area contributed by atoms with Crippen LogP contribution in [0.25, 0.3) is 0 Å². The highest BCUT2D eigenvalue weighted by atomic mass is 16.4. The summed E-state index contributed by atoms with van der Waals surface area (Å²) in [6.45, 7) is 1.20. The van der Waals surface area contributed by atoms with Crippen molar-refractivity contribution in [1.29, 1.82) is 0 Å². The molecule has 3 heterocycles. The fraction of sp³-hybridized carbons (Fsp3) is 0.455. The van der Waals surface area contributed by atoms with Gasteiger partial charge in [-0.05, 0) is 12.8 Å². The molecule has 0 radical (unpaired) electrons. The molecule has 1 fully saturated rings. The van der Waals surface area contributed by atoms with Gasteiger partial charge in [-0.25, -0.2) is 14.9 Å². The molecule has 1 amide bonds. The average Bonchev–Trinajstić information content (AvgIpc) is 3.09. The van der Waals surface area contributed by atoms with Gasteiger partial charge in [0.25, 0.3) is 5.91 Å². The molecule has 2 aromatic rings. The minimum Gasteiger partial charge on any atom is -0.392 e. The summed E-state index contributed by atoms with van der Waals surface area (Å²) in [5.41, 5.74) is 0. The third-order valence-electron chi connectivity index (χ3n) is 3.29. The smallest absolute Gasteiger partial charge is 0.392 e. The maximum atomic E-state index is 12.0.